The molecule has 1 aliphatic rings. The van der Waals surface area contributed by atoms with Gasteiger partial charge in [-0.3, -0.25) is 20.0 Å². The molecule has 1 atom stereocenters. The van der Waals surface area contributed by atoms with Crippen molar-refractivity contribution in [2.75, 3.05) is 7.11 Å². The number of methoxy groups -OCH3 is 1. The van der Waals surface area contributed by atoms with E-state index in [4.69, 9.17) is 4.74 Å². The Morgan fingerprint density at radius 1 is 1.26 bits per heavy atom. The van der Waals surface area contributed by atoms with Crippen molar-refractivity contribution in [3.8, 4) is 5.88 Å². The van der Waals surface area contributed by atoms with Crippen molar-refractivity contribution in [2.45, 2.75) is 12.5 Å². The average molecular weight is 427 g/mol. The minimum Gasteiger partial charge on any atom is -0.481 e. The molecule has 1 unspecified atom stereocenters. The van der Waals surface area contributed by atoms with Crippen LogP contribution in [-0.2, 0) is 4.79 Å². The number of fused-ring (bicyclic) bond motifs is 1. The van der Waals surface area contributed by atoms with Gasteiger partial charge >= 0.3 is 0 Å². The highest BCUT2D eigenvalue weighted by atomic mass is 79.9. The van der Waals surface area contributed by atoms with Crippen LogP contribution in [0.2, 0.25) is 0 Å². The SMILES string of the molecule is COc1nc2ccc(Br)cc2cc1C1CC(=O)N1NC(=O)c1ccncc1. The first kappa shape index (κ1) is 17.4. The number of benzene rings is 1. The Morgan fingerprint density at radius 3 is 2.74 bits per heavy atom. The molecule has 1 fully saturated rings. The van der Waals surface area contributed by atoms with Crippen molar-refractivity contribution >= 4 is 38.6 Å². The first-order valence-corrected chi connectivity index (χ1v) is 9.03. The molecule has 7 nitrogen and oxygen atoms in total. The van der Waals surface area contributed by atoms with E-state index in [0.717, 1.165) is 20.9 Å². The molecule has 0 radical (unpaired) electrons. The summed E-state index contributed by atoms with van der Waals surface area (Å²) in [6.45, 7) is 0. The molecule has 1 saturated heterocycles. The number of nitrogens with one attached hydrogen (secondary N) is 1. The van der Waals surface area contributed by atoms with E-state index in [1.54, 1.807) is 12.1 Å². The van der Waals surface area contributed by atoms with Gasteiger partial charge in [0.15, 0.2) is 0 Å². The van der Waals surface area contributed by atoms with E-state index in [2.05, 4.69) is 31.3 Å². The highest BCUT2D eigenvalue weighted by molar-refractivity contribution is 9.10. The molecular weight excluding hydrogens is 412 g/mol. The normalized spacial score (nSPS) is 16.1. The topological polar surface area (TPSA) is 84.4 Å². The molecule has 0 aliphatic carbocycles. The highest BCUT2D eigenvalue weighted by Crippen LogP contribution is 2.39. The van der Waals surface area contributed by atoms with Gasteiger partial charge in [0.2, 0.25) is 11.8 Å². The zero-order valence-corrected chi connectivity index (χ0v) is 15.9. The van der Waals surface area contributed by atoms with Crippen LogP contribution in [0.4, 0.5) is 0 Å². The number of nitrogens with zero attached hydrogens (tertiary/aromatic N) is 3. The van der Waals surface area contributed by atoms with Crippen molar-refractivity contribution < 1.29 is 14.3 Å². The zero-order valence-electron chi connectivity index (χ0n) is 14.3. The number of ether oxygens (including phenoxy) is 1. The van der Waals surface area contributed by atoms with Crippen molar-refractivity contribution in [3.63, 3.8) is 0 Å². The lowest BCUT2D eigenvalue weighted by atomic mass is 9.95. The molecule has 1 aromatic carbocycles. The van der Waals surface area contributed by atoms with Gasteiger partial charge < -0.3 is 4.74 Å². The molecule has 4 rings (SSSR count). The van der Waals surface area contributed by atoms with E-state index in [1.165, 1.54) is 24.5 Å². The van der Waals surface area contributed by atoms with Crippen molar-refractivity contribution in [1.29, 1.82) is 0 Å². The Hall–Kier alpha value is -3.00. The van der Waals surface area contributed by atoms with Gasteiger partial charge in [-0.05, 0) is 36.4 Å². The molecular formula is C19H15BrN4O3. The van der Waals surface area contributed by atoms with Crippen LogP contribution >= 0.6 is 15.9 Å². The molecule has 3 aromatic rings. The maximum atomic E-state index is 12.4. The first-order chi connectivity index (χ1) is 13.1. The summed E-state index contributed by atoms with van der Waals surface area (Å²) in [5.41, 5.74) is 4.63. The van der Waals surface area contributed by atoms with Gasteiger partial charge in [0.05, 0.1) is 25.1 Å². The second-order valence-electron chi connectivity index (χ2n) is 6.08. The number of halogens is 1. The predicted molar refractivity (Wildman–Crippen MR) is 102 cm³/mol. The Balaban J connectivity index is 1.66. The van der Waals surface area contributed by atoms with Gasteiger partial charge in [-0.25, -0.2) is 9.99 Å². The van der Waals surface area contributed by atoms with Gasteiger partial charge in [0, 0.05) is 33.4 Å². The van der Waals surface area contributed by atoms with E-state index in [1.807, 2.05) is 24.3 Å². The highest BCUT2D eigenvalue weighted by Gasteiger charge is 2.41. The Morgan fingerprint density at radius 2 is 2.04 bits per heavy atom. The number of pyridine rings is 2. The lowest BCUT2D eigenvalue weighted by molar-refractivity contribution is -0.150. The molecule has 27 heavy (non-hydrogen) atoms. The lowest BCUT2D eigenvalue weighted by Crippen LogP contribution is -2.56. The average Bonchev–Trinajstić information content (AvgIpc) is 2.69. The number of hydrogen-bond donors (Lipinski definition) is 1. The first-order valence-electron chi connectivity index (χ1n) is 8.24. The molecule has 8 heteroatoms. The van der Waals surface area contributed by atoms with Gasteiger partial charge in [0.25, 0.3) is 5.91 Å². The number of β-lactam (4-membered cyclic amide) rings is 1. The van der Waals surface area contributed by atoms with Crippen molar-refractivity contribution in [2.24, 2.45) is 0 Å². The zero-order chi connectivity index (χ0) is 19.0. The van der Waals surface area contributed by atoms with Crippen LogP contribution in [0.15, 0.2) is 53.3 Å². The third kappa shape index (κ3) is 3.23. The predicted octanol–water partition coefficient (Wildman–Crippen LogP) is 3.02. The number of hydrazine groups is 1. The summed E-state index contributed by atoms with van der Waals surface area (Å²) in [5, 5.41) is 2.24. The molecule has 3 heterocycles. The van der Waals surface area contributed by atoms with Gasteiger partial charge in [-0.1, -0.05) is 15.9 Å². The molecule has 2 aromatic heterocycles. The Labute approximate surface area is 163 Å². The summed E-state index contributed by atoms with van der Waals surface area (Å²) >= 11 is 3.46. The molecule has 1 N–H and O–H groups in total. The molecule has 0 bridgehead atoms. The van der Waals surface area contributed by atoms with E-state index < -0.39 is 0 Å². The van der Waals surface area contributed by atoms with Crippen LogP contribution in [0, 0.1) is 0 Å². The molecule has 0 saturated carbocycles. The van der Waals surface area contributed by atoms with Crippen LogP contribution in [0.1, 0.15) is 28.4 Å². The summed E-state index contributed by atoms with van der Waals surface area (Å²) in [5.74, 6) is -0.102. The number of amides is 2. The summed E-state index contributed by atoms with van der Waals surface area (Å²) in [7, 11) is 1.54. The van der Waals surface area contributed by atoms with E-state index >= 15 is 0 Å². The second-order valence-corrected chi connectivity index (χ2v) is 7.00. The third-order valence-electron chi connectivity index (χ3n) is 4.43. The fourth-order valence-electron chi connectivity index (χ4n) is 3.03. The summed E-state index contributed by atoms with van der Waals surface area (Å²) in [6.07, 6.45) is 3.32. The van der Waals surface area contributed by atoms with Crippen LogP contribution in [0.5, 0.6) is 5.88 Å². The molecule has 1 aliphatic heterocycles. The maximum absolute atomic E-state index is 12.4. The number of hydrogen-bond acceptors (Lipinski definition) is 5. The summed E-state index contributed by atoms with van der Waals surface area (Å²) in [4.78, 5) is 32.9. The van der Waals surface area contributed by atoms with Crippen LogP contribution in [0.3, 0.4) is 0 Å². The minimum atomic E-state index is -0.370. The Kier molecular flexibility index (Phi) is 4.49. The summed E-state index contributed by atoms with van der Waals surface area (Å²) in [6, 6.07) is 10.5. The van der Waals surface area contributed by atoms with Crippen LogP contribution in [-0.4, -0.2) is 33.9 Å². The third-order valence-corrected chi connectivity index (χ3v) is 4.93. The van der Waals surface area contributed by atoms with Crippen molar-refractivity contribution in [1.82, 2.24) is 20.4 Å². The van der Waals surface area contributed by atoms with E-state index in [-0.39, 0.29) is 24.3 Å². The quantitative estimate of drug-likeness (QED) is 0.648. The molecule has 2 amide bonds. The van der Waals surface area contributed by atoms with Crippen molar-refractivity contribution in [3.05, 3.63) is 64.4 Å². The van der Waals surface area contributed by atoms with E-state index in [9.17, 15) is 9.59 Å². The minimum absolute atomic E-state index is 0.168. The smallest absolute Gasteiger partial charge is 0.270 e. The van der Waals surface area contributed by atoms with Gasteiger partial charge in [0.1, 0.15) is 0 Å². The second kappa shape index (κ2) is 6.96. The molecule has 0 spiro atoms. The number of carbonyl (C=O) groups excluding carboxylic acids is 2. The van der Waals surface area contributed by atoms with Gasteiger partial charge in [-0.2, -0.15) is 0 Å². The van der Waals surface area contributed by atoms with E-state index in [0.29, 0.717) is 11.4 Å². The lowest BCUT2D eigenvalue weighted by Gasteiger charge is -2.40. The monoisotopic (exact) mass is 426 g/mol. The van der Waals surface area contributed by atoms with Crippen LogP contribution in [0.25, 0.3) is 10.9 Å². The molecule has 136 valence electrons. The fourth-order valence-corrected chi connectivity index (χ4v) is 3.41. The number of carbonyl (C=O) groups is 2. The van der Waals surface area contributed by atoms with Gasteiger partial charge in [-0.15, -0.1) is 0 Å². The number of rotatable bonds is 4. The van der Waals surface area contributed by atoms with Crippen LogP contribution < -0.4 is 10.2 Å². The Bertz CT molecular complexity index is 1040. The largest absolute Gasteiger partial charge is 0.481 e. The number of aromatic nitrogens is 2. The standard InChI is InChI=1S/C19H15BrN4O3/c1-27-19-14(9-12-8-13(20)2-3-15(12)22-19)16-10-17(25)24(16)23-18(26)11-4-6-21-7-5-11/h2-9,16H,10H2,1H3,(H,23,26). The maximum Gasteiger partial charge on any atom is 0.270 e. The summed E-state index contributed by atoms with van der Waals surface area (Å²) < 4.78 is 6.36. The fraction of sp³-hybridized carbons (Fsp3) is 0.158.